The highest BCUT2D eigenvalue weighted by Crippen LogP contribution is 2.33. The molecule has 3 heterocycles. The van der Waals surface area contributed by atoms with Crippen LogP contribution in [-0.2, 0) is 6.18 Å². The quantitative estimate of drug-likeness (QED) is 0.582. The molecule has 0 spiro atoms. The zero-order valence-electron chi connectivity index (χ0n) is 17.1. The van der Waals surface area contributed by atoms with Crippen LogP contribution in [-0.4, -0.2) is 37.5 Å². The first-order chi connectivity index (χ1) is 14.1. The van der Waals surface area contributed by atoms with Gasteiger partial charge in [0.15, 0.2) is 17.0 Å². The number of benzene rings is 1. The van der Waals surface area contributed by atoms with Crippen LogP contribution in [0.15, 0.2) is 36.4 Å². The molecule has 2 aromatic heterocycles. The van der Waals surface area contributed by atoms with Gasteiger partial charge in [-0.3, -0.25) is 4.79 Å². The summed E-state index contributed by atoms with van der Waals surface area (Å²) < 4.78 is 42.1. The second-order valence-corrected chi connectivity index (χ2v) is 8.03. The third-order valence-electron chi connectivity index (χ3n) is 5.71. The molecule has 5 nitrogen and oxygen atoms in total. The third kappa shape index (κ3) is 3.66. The second-order valence-electron chi connectivity index (χ2n) is 8.03. The van der Waals surface area contributed by atoms with Crippen LogP contribution < -0.4 is 0 Å². The van der Waals surface area contributed by atoms with Gasteiger partial charge in [-0.2, -0.15) is 18.3 Å². The fourth-order valence-electron chi connectivity index (χ4n) is 4.11. The van der Waals surface area contributed by atoms with Gasteiger partial charge in [0.1, 0.15) is 0 Å². The summed E-state index contributed by atoms with van der Waals surface area (Å²) in [6.45, 7) is 5.81. The summed E-state index contributed by atoms with van der Waals surface area (Å²) in [7, 11) is 0. The summed E-state index contributed by atoms with van der Waals surface area (Å²) in [6, 6.07) is 9.46. The van der Waals surface area contributed by atoms with Gasteiger partial charge in [-0.05, 0) is 46.1 Å². The Labute approximate surface area is 172 Å². The van der Waals surface area contributed by atoms with Crippen molar-refractivity contribution < 1.29 is 18.0 Å². The van der Waals surface area contributed by atoms with Gasteiger partial charge in [0.05, 0.1) is 5.69 Å². The highest BCUT2D eigenvalue weighted by atomic mass is 19.4. The van der Waals surface area contributed by atoms with Crippen molar-refractivity contribution in [3.63, 3.8) is 0 Å². The Hall–Kier alpha value is -2.90. The number of likely N-dealkylation sites (tertiary alicyclic amines) is 1. The second kappa shape index (κ2) is 7.41. The van der Waals surface area contributed by atoms with Crippen molar-refractivity contribution in [2.24, 2.45) is 0 Å². The fraction of sp³-hybridized carbons (Fsp3) is 0.409. The maximum atomic E-state index is 13.8. The molecule has 0 radical (unpaired) electrons. The Balaban J connectivity index is 1.83. The van der Waals surface area contributed by atoms with E-state index in [9.17, 15) is 18.0 Å². The third-order valence-corrected chi connectivity index (χ3v) is 5.71. The number of halogens is 3. The number of amides is 1. The summed E-state index contributed by atoms with van der Waals surface area (Å²) in [5.74, 6) is -0.356. The van der Waals surface area contributed by atoms with E-state index in [0.717, 1.165) is 35.4 Å². The SMILES string of the molecule is Cc1ccc(-c2cc(C(F)(F)F)n3nc(C(=O)N4[C@H](C)CCC[C@H]4C)cc3n2)cc1. The van der Waals surface area contributed by atoms with Gasteiger partial charge in [0, 0.05) is 23.7 Å². The van der Waals surface area contributed by atoms with Crippen molar-refractivity contribution in [2.75, 3.05) is 0 Å². The molecule has 1 fully saturated rings. The topological polar surface area (TPSA) is 50.5 Å². The molecule has 1 aliphatic rings. The number of nitrogens with zero attached hydrogens (tertiary/aromatic N) is 4. The van der Waals surface area contributed by atoms with Gasteiger partial charge in [-0.1, -0.05) is 29.8 Å². The Morgan fingerprint density at radius 2 is 1.70 bits per heavy atom. The van der Waals surface area contributed by atoms with Crippen LogP contribution in [0, 0.1) is 6.92 Å². The van der Waals surface area contributed by atoms with E-state index in [0.29, 0.717) is 5.56 Å². The first-order valence-corrected chi connectivity index (χ1v) is 10.0. The molecule has 1 aliphatic heterocycles. The van der Waals surface area contributed by atoms with Gasteiger partial charge < -0.3 is 4.90 Å². The molecule has 1 saturated heterocycles. The van der Waals surface area contributed by atoms with E-state index in [1.54, 1.807) is 17.0 Å². The van der Waals surface area contributed by atoms with E-state index in [-0.39, 0.29) is 35.0 Å². The molecule has 0 N–H and O–H groups in total. The van der Waals surface area contributed by atoms with Crippen molar-refractivity contribution in [1.29, 1.82) is 0 Å². The predicted molar refractivity (Wildman–Crippen MR) is 107 cm³/mol. The molecule has 1 aromatic carbocycles. The molecule has 3 aromatic rings. The van der Waals surface area contributed by atoms with E-state index in [1.807, 2.05) is 32.9 Å². The van der Waals surface area contributed by atoms with Crippen molar-refractivity contribution in [3.8, 4) is 11.3 Å². The Bertz CT molecular complexity index is 1080. The lowest BCUT2D eigenvalue weighted by atomic mass is 9.97. The smallest absolute Gasteiger partial charge is 0.332 e. The van der Waals surface area contributed by atoms with Crippen LogP contribution in [0.3, 0.4) is 0 Å². The molecule has 0 bridgehead atoms. The largest absolute Gasteiger partial charge is 0.433 e. The maximum absolute atomic E-state index is 13.8. The van der Waals surface area contributed by atoms with E-state index in [4.69, 9.17) is 0 Å². The van der Waals surface area contributed by atoms with Crippen LogP contribution >= 0.6 is 0 Å². The summed E-state index contributed by atoms with van der Waals surface area (Å²) in [6.07, 6.45) is -1.88. The number of aromatic nitrogens is 3. The zero-order valence-corrected chi connectivity index (χ0v) is 17.1. The summed E-state index contributed by atoms with van der Waals surface area (Å²) in [4.78, 5) is 19.2. The highest BCUT2D eigenvalue weighted by Gasteiger charge is 2.37. The maximum Gasteiger partial charge on any atom is 0.433 e. The van der Waals surface area contributed by atoms with Crippen LogP contribution in [0.5, 0.6) is 0 Å². The molecule has 30 heavy (non-hydrogen) atoms. The van der Waals surface area contributed by atoms with Crippen LogP contribution in [0.4, 0.5) is 13.2 Å². The number of aryl methyl sites for hydroxylation is 1. The monoisotopic (exact) mass is 416 g/mol. The van der Waals surface area contributed by atoms with E-state index in [2.05, 4.69) is 10.1 Å². The number of fused-ring (bicyclic) bond motifs is 1. The van der Waals surface area contributed by atoms with Crippen molar-refractivity contribution >= 4 is 11.6 Å². The molecule has 0 aliphatic carbocycles. The van der Waals surface area contributed by atoms with Gasteiger partial charge in [-0.25, -0.2) is 9.50 Å². The molecule has 8 heteroatoms. The number of alkyl halides is 3. The van der Waals surface area contributed by atoms with E-state index < -0.39 is 11.9 Å². The van der Waals surface area contributed by atoms with E-state index >= 15 is 0 Å². The van der Waals surface area contributed by atoms with Gasteiger partial charge >= 0.3 is 6.18 Å². The minimum Gasteiger partial charge on any atom is -0.332 e. The minimum atomic E-state index is -4.64. The molecule has 0 saturated carbocycles. The summed E-state index contributed by atoms with van der Waals surface area (Å²) in [5.41, 5.74) is 0.782. The Kier molecular flexibility index (Phi) is 5.03. The van der Waals surface area contributed by atoms with Crippen LogP contribution in [0.1, 0.15) is 54.9 Å². The van der Waals surface area contributed by atoms with Gasteiger partial charge in [0.2, 0.25) is 0 Å². The lowest BCUT2D eigenvalue weighted by Crippen LogP contribution is -2.47. The van der Waals surface area contributed by atoms with Gasteiger partial charge in [0.25, 0.3) is 5.91 Å². The number of carbonyl (C=O) groups excluding carboxylic acids is 1. The number of hydrogen-bond acceptors (Lipinski definition) is 3. The van der Waals surface area contributed by atoms with Crippen LogP contribution in [0.25, 0.3) is 16.9 Å². The lowest BCUT2D eigenvalue weighted by Gasteiger charge is -2.38. The molecule has 1 amide bonds. The van der Waals surface area contributed by atoms with E-state index in [1.165, 1.54) is 6.07 Å². The number of hydrogen-bond donors (Lipinski definition) is 0. The van der Waals surface area contributed by atoms with Crippen molar-refractivity contribution in [3.05, 3.63) is 53.3 Å². The molecule has 2 atom stereocenters. The predicted octanol–water partition coefficient (Wildman–Crippen LogP) is 5.13. The zero-order chi connectivity index (χ0) is 21.6. The Morgan fingerprint density at radius 1 is 1.07 bits per heavy atom. The first kappa shape index (κ1) is 20.4. The molecule has 158 valence electrons. The normalized spacial score (nSPS) is 20.0. The molecule has 4 rings (SSSR count). The fourth-order valence-corrected chi connectivity index (χ4v) is 4.11. The van der Waals surface area contributed by atoms with Crippen LogP contribution in [0.2, 0.25) is 0 Å². The number of piperidine rings is 1. The minimum absolute atomic E-state index is 0.000987. The Morgan fingerprint density at radius 3 is 2.30 bits per heavy atom. The average Bonchev–Trinajstić information content (AvgIpc) is 3.11. The molecular formula is C22H23F3N4O. The highest BCUT2D eigenvalue weighted by molar-refractivity contribution is 5.94. The van der Waals surface area contributed by atoms with Gasteiger partial charge in [-0.15, -0.1) is 0 Å². The van der Waals surface area contributed by atoms with Crippen molar-refractivity contribution in [1.82, 2.24) is 19.5 Å². The molecule has 0 unspecified atom stereocenters. The summed E-state index contributed by atoms with van der Waals surface area (Å²) >= 11 is 0. The number of carbonyl (C=O) groups is 1. The summed E-state index contributed by atoms with van der Waals surface area (Å²) in [5, 5.41) is 4.01. The molecular weight excluding hydrogens is 393 g/mol. The first-order valence-electron chi connectivity index (χ1n) is 10.0. The standard InChI is InChI=1S/C22H23F3N4O/c1-13-7-9-16(10-8-13)17-11-19(22(23,24)25)29-20(26-17)12-18(27-29)21(30)28-14(2)5-4-6-15(28)3/h7-12,14-15H,4-6H2,1-3H3/t14-,15-/m1/s1. The lowest BCUT2D eigenvalue weighted by molar-refractivity contribution is -0.142. The number of rotatable bonds is 2. The van der Waals surface area contributed by atoms with Crippen molar-refractivity contribution in [2.45, 2.75) is 58.3 Å². The average molecular weight is 416 g/mol.